The van der Waals surface area contributed by atoms with Crippen molar-refractivity contribution in [3.05, 3.63) is 56.2 Å². The minimum atomic E-state index is -0.729. The number of carbonyl (C=O) groups is 1. The van der Waals surface area contributed by atoms with Gasteiger partial charge in [-0.25, -0.2) is 10.2 Å². The van der Waals surface area contributed by atoms with E-state index >= 15 is 0 Å². The third kappa shape index (κ3) is 4.10. The maximum Gasteiger partial charge on any atom is 0.238 e. The van der Waals surface area contributed by atoms with Gasteiger partial charge in [-0.2, -0.15) is 0 Å². The summed E-state index contributed by atoms with van der Waals surface area (Å²) in [5.41, 5.74) is 2.05. The van der Waals surface area contributed by atoms with Gasteiger partial charge in [-0.3, -0.25) is 10.2 Å². The maximum atomic E-state index is 14.4. The molecule has 0 fully saturated rings. The van der Waals surface area contributed by atoms with Gasteiger partial charge in [0.25, 0.3) is 0 Å². The van der Waals surface area contributed by atoms with E-state index in [1.54, 1.807) is 12.1 Å². The van der Waals surface area contributed by atoms with Crippen LogP contribution in [0.15, 0.2) is 34.8 Å². The summed E-state index contributed by atoms with van der Waals surface area (Å²) in [6.07, 6.45) is -0.227. The Bertz CT molecular complexity index is 708. The van der Waals surface area contributed by atoms with Crippen molar-refractivity contribution in [2.45, 2.75) is 6.42 Å². The molecule has 0 aromatic heterocycles. The molecule has 3 N–H and O–H groups in total. The molecule has 0 spiro atoms. The molecule has 0 aliphatic rings. The predicted molar refractivity (Wildman–Crippen MR) is 86.7 cm³/mol. The van der Waals surface area contributed by atoms with Gasteiger partial charge in [-0.15, -0.1) is 0 Å². The van der Waals surface area contributed by atoms with Crippen LogP contribution in [0, 0.1) is 5.82 Å². The molecule has 4 nitrogen and oxygen atoms in total. The number of carbonyl (C=O) groups excluding carboxylic acids is 1. The van der Waals surface area contributed by atoms with Gasteiger partial charge in [0.1, 0.15) is 5.75 Å². The van der Waals surface area contributed by atoms with Crippen LogP contribution in [-0.2, 0) is 11.2 Å². The van der Waals surface area contributed by atoms with Crippen LogP contribution < -0.4 is 16.0 Å². The molecular formula is C14H10BrCl2FN2O2. The molecule has 0 aliphatic heterocycles. The number of hydrogen-bond acceptors (Lipinski definition) is 3. The number of nitrogens with two attached hydrogens (primary N) is 1. The third-order valence-corrected chi connectivity index (χ3v) is 3.67. The number of hydrazine groups is 1. The number of ether oxygens (including phenoxy) is 1. The van der Waals surface area contributed by atoms with Crippen molar-refractivity contribution in [2.75, 3.05) is 0 Å². The fourth-order valence-corrected chi connectivity index (χ4v) is 2.75. The Morgan fingerprint density at radius 3 is 2.68 bits per heavy atom. The zero-order valence-electron chi connectivity index (χ0n) is 11.0. The van der Waals surface area contributed by atoms with E-state index in [9.17, 15) is 9.18 Å². The summed E-state index contributed by atoms with van der Waals surface area (Å²) in [6.45, 7) is 0. The molecule has 116 valence electrons. The van der Waals surface area contributed by atoms with Gasteiger partial charge in [0.2, 0.25) is 5.91 Å². The summed E-state index contributed by atoms with van der Waals surface area (Å²) >= 11 is 15.1. The molecule has 0 radical (unpaired) electrons. The van der Waals surface area contributed by atoms with Crippen LogP contribution in [0.2, 0.25) is 10.0 Å². The van der Waals surface area contributed by atoms with E-state index in [0.29, 0.717) is 15.2 Å². The summed E-state index contributed by atoms with van der Waals surface area (Å²) in [5, 5.41) is 0.491. The molecule has 2 aromatic rings. The molecule has 0 unspecified atom stereocenters. The van der Waals surface area contributed by atoms with Gasteiger partial charge in [-0.1, -0.05) is 45.2 Å². The van der Waals surface area contributed by atoms with E-state index in [1.165, 1.54) is 18.2 Å². The van der Waals surface area contributed by atoms with Gasteiger partial charge < -0.3 is 4.74 Å². The average molecular weight is 408 g/mol. The van der Waals surface area contributed by atoms with Gasteiger partial charge >= 0.3 is 0 Å². The van der Waals surface area contributed by atoms with Gasteiger partial charge in [0.15, 0.2) is 11.6 Å². The van der Waals surface area contributed by atoms with Crippen LogP contribution in [0.1, 0.15) is 5.56 Å². The fourth-order valence-electron chi connectivity index (χ4n) is 1.73. The molecule has 2 rings (SSSR count). The first-order valence-electron chi connectivity index (χ1n) is 6.01. The lowest BCUT2D eigenvalue weighted by Gasteiger charge is -2.12. The summed E-state index contributed by atoms with van der Waals surface area (Å²) in [7, 11) is 0. The smallest absolute Gasteiger partial charge is 0.238 e. The van der Waals surface area contributed by atoms with E-state index in [2.05, 4.69) is 15.9 Å². The molecule has 0 saturated heterocycles. The fraction of sp³-hybridized carbons (Fsp3) is 0.0714. The lowest BCUT2D eigenvalue weighted by molar-refractivity contribution is -0.120. The monoisotopic (exact) mass is 406 g/mol. The predicted octanol–water partition coefficient (Wildman–Crippen LogP) is 4.22. The summed E-state index contributed by atoms with van der Waals surface area (Å²) in [4.78, 5) is 11.3. The number of nitrogens with one attached hydrogen (secondary N) is 1. The standard InChI is InChI=1S/C14H10BrCl2FN2O2/c15-8-4-9(16)6-10(5-8)22-14-11(17)2-1-7(13(14)18)3-12(21)20-19/h1-2,4-6H,3,19H2,(H,20,21). The molecule has 22 heavy (non-hydrogen) atoms. The van der Waals surface area contributed by atoms with Crippen LogP contribution in [-0.4, -0.2) is 5.91 Å². The first-order chi connectivity index (χ1) is 10.4. The van der Waals surface area contributed by atoms with Crippen molar-refractivity contribution in [3.63, 3.8) is 0 Å². The summed E-state index contributed by atoms with van der Waals surface area (Å²) < 4.78 is 20.6. The van der Waals surface area contributed by atoms with Gasteiger partial charge in [0, 0.05) is 15.1 Å². The molecule has 0 aliphatic carbocycles. The van der Waals surface area contributed by atoms with Crippen molar-refractivity contribution < 1.29 is 13.9 Å². The SMILES string of the molecule is NNC(=O)Cc1ccc(Cl)c(Oc2cc(Cl)cc(Br)c2)c1F. The highest BCUT2D eigenvalue weighted by Crippen LogP contribution is 2.36. The summed E-state index contributed by atoms with van der Waals surface area (Å²) in [6, 6.07) is 7.63. The van der Waals surface area contributed by atoms with Crippen LogP contribution in [0.4, 0.5) is 4.39 Å². The van der Waals surface area contributed by atoms with E-state index in [0.717, 1.165) is 0 Å². The first-order valence-corrected chi connectivity index (χ1v) is 7.56. The van der Waals surface area contributed by atoms with Crippen molar-refractivity contribution in [2.24, 2.45) is 5.84 Å². The first kappa shape index (κ1) is 17.0. The Balaban J connectivity index is 2.37. The molecular weight excluding hydrogens is 398 g/mol. The number of hydrogen-bond donors (Lipinski definition) is 2. The second kappa shape index (κ2) is 7.28. The molecule has 2 aromatic carbocycles. The normalized spacial score (nSPS) is 10.4. The Kier molecular flexibility index (Phi) is 5.63. The maximum absolute atomic E-state index is 14.4. The topological polar surface area (TPSA) is 64.3 Å². The average Bonchev–Trinajstić information content (AvgIpc) is 2.45. The molecule has 8 heteroatoms. The molecule has 0 bridgehead atoms. The number of halogens is 4. The van der Waals surface area contributed by atoms with Crippen LogP contribution in [0.3, 0.4) is 0 Å². The van der Waals surface area contributed by atoms with E-state index < -0.39 is 11.7 Å². The number of rotatable bonds is 4. The quantitative estimate of drug-likeness (QED) is 0.453. The van der Waals surface area contributed by atoms with E-state index in [-0.39, 0.29) is 22.8 Å². The lowest BCUT2D eigenvalue weighted by Crippen LogP contribution is -2.31. The lowest BCUT2D eigenvalue weighted by atomic mass is 10.1. The van der Waals surface area contributed by atoms with Gasteiger partial charge in [-0.05, 0) is 24.3 Å². The Labute approximate surface area is 144 Å². The zero-order chi connectivity index (χ0) is 16.3. The van der Waals surface area contributed by atoms with Crippen molar-refractivity contribution in [1.29, 1.82) is 0 Å². The molecule has 0 heterocycles. The second-order valence-electron chi connectivity index (χ2n) is 4.30. The highest BCUT2D eigenvalue weighted by atomic mass is 79.9. The van der Waals surface area contributed by atoms with E-state index in [4.69, 9.17) is 33.8 Å². The molecule has 0 saturated carbocycles. The van der Waals surface area contributed by atoms with E-state index in [1.807, 2.05) is 5.43 Å². The third-order valence-electron chi connectivity index (χ3n) is 2.70. The zero-order valence-corrected chi connectivity index (χ0v) is 14.1. The van der Waals surface area contributed by atoms with Gasteiger partial charge in [0.05, 0.1) is 11.4 Å². The highest BCUT2D eigenvalue weighted by molar-refractivity contribution is 9.10. The minimum absolute atomic E-state index is 0.0745. The second-order valence-corrected chi connectivity index (χ2v) is 6.06. The van der Waals surface area contributed by atoms with Crippen LogP contribution >= 0.6 is 39.1 Å². The highest BCUT2D eigenvalue weighted by Gasteiger charge is 2.17. The largest absolute Gasteiger partial charge is 0.453 e. The molecule has 0 atom stereocenters. The van der Waals surface area contributed by atoms with Crippen molar-refractivity contribution >= 4 is 45.0 Å². The van der Waals surface area contributed by atoms with Crippen molar-refractivity contribution in [3.8, 4) is 11.5 Å². The van der Waals surface area contributed by atoms with Crippen molar-refractivity contribution in [1.82, 2.24) is 5.43 Å². The molecule has 1 amide bonds. The summed E-state index contributed by atoms with van der Waals surface area (Å²) in [5.74, 6) is 3.86. The Morgan fingerprint density at radius 1 is 1.32 bits per heavy atom. The minimum Gasteiger partial charge on any atom is -0.453 e. The Morgan fingerprint density at radius 2 is 2.05 bits per heavy atom. The number of benzene rings is 2. The van der Waals surface area contributed by atoms with Crippen LogP contribution in [0.5, 0.6) is 11.5 Å². The number of amides is 1. The van der Waals surface area contributed by atoms with Crippen LogP contribution in [0.25, 0.3) is 0 Å². The Hall–Kier alpha value is -1.34.